The predicted molar refractivity (Wildman–Crippen MR) is 158 cm³/mol. The lowest BCUT2D eigenvalue weighted by atomic mass is 9.14. The van der Waals surface area contributed by atoms with E-state index in [0.717, 1.165) is 6.42 Å². The molecule has 2 rings (SSSR count). The van der Waals surface area contributed by atoms with Crippen molar-refractivity contribution in [3.8, 4) is 0 Å². The zero-order valence-corrected chi connectivity index (χ0v) is 22.2. The molecule has 0 bridgehead atoms. The van der Waals surface area contributed by atoms with Gasteiger partial charge < -0.3 is 21.5 Å². The van der Waals surface area contributed by atoms with Crippen LogP contribution in [0.2, 0.25) is 15.5 Å². The van der Waals surface area contributed by atoms with Crippen LogP contribution in [0.3, 0.4) is 0 Å². The van der Waals surface area contributed by atoms with Gasteiger partial charge in [-0.1, -0.05) is 16.8 Å². The highest BCUT2D eigenvalue weighted by molar-refractivity contribution is 6.61. The molecule has 164 valence electrons. The summed E-state index contributed by atoms with van der Waals surface area (Å²) in [5.74, 6) is 0.283. The van der Waals surface area contributed by atoms with E-state index in [-0.39, 0.29) is 27.3 Å². The maximum Gasteiger partial charge on any atom is 0.254 e. The molecule has 5 N–H and O–H groups in total. The minimum atomic E-state index is -0.977. The molecule has 0 aromatic carbocycles. The molecule has 1 aliphatic carbocycles. The quantitative estimate of drug-likeness (QED) is 0.347. The smallest absolute Gasteiger partial charge is 0.254 e. The average Bonchev–Trinajstić information content (AvgIpc) is 2.55. The first-order valence-corrected chi connectivity index (χ1v) is 11.5. The average molecular weight is 428 g/mol. The number of amides is 1. The summed E-state index contributed by atoms with van der Waals surface area (Å²) in [4.78, 5) is 21.2. The number of carbonyl (C=O) groups is 1. The van der Waals surface area contributed by atoms with Crippen molar-refractivity contribution >= 4 is 88.3 Å². The number of aromatic nitrogens is 2. The van der Waals surface area contributed by atoms with Crippen LogP contribution in [-0.2, 0) is 0 Å². The second kappa shape index (κ2) is 7.88. The Labute approximate surface area is 201 Å². The third-order valence-corrected chi connectivity index (χ3v) is 8.22. The first-order chi connectivity index (χ1) is 14.1. The molecule has 1 fully saturated rings. The summed E-state index contributed by atoms with van der Waals surface area (Å²) in [6.45, 7) is 6.05. The van der Waals surface area contributed by atoms with Crippen molar-refractivity contribution in [1.82, 2.24) is 9.97 Å². The normalized spacial score (nSPS) is 29.7. The van der Waals surface area contributed by atoms with Crippen LogP contribution in [0, 0.1) is 5.92 Å². The lowest BCUT2D eigenvalue weighted by Crippen LogP contribution is -2.74. The minimum Gasteiger partial charge on any atom is -0.400 e. The predicted octanol–water partition coefficient (Wildman–Crippen LogP) is -7.39. The molecule has 0 aliphatic heterocycles. The van der Waals surface area contributed by atoms with E-state index in [1.807, 2.05) is 28.6 Å². The van der Waals surface area contributed by atoms with Crippen molar-refractivity contribution in [3.63, 3.8) is 0 Å². The standard InChI is InChI=1S/C16H36B9N5O2/c1-11(2,3)30-10-27-5-6(8(26)31)9(28-10)29-16(25)12(17,18)4-7(14(20,21)22)13(19,32)15(16,23)24/h5,7,32H,4,17-25H2,1-3H3,(H2,26,31)(H2,27,28,29,30). The Morgan fingerprint density at radius 1 is 1.16 bits per heavy atom. The topological polar surface area (TPSA) is 113 Å². The maximum atomic E-state index is 12.2. The Bertz CT molecular complexity index is 901. The highest BCUT2D eigenvalue weighted by Crippen LogP contribution is 2.64. The van der Waals surface area contributed by atoms with Crippen molar-refractivity contribution in [2.45, 2.75) is 59.2 Å². The van der Waals surface area contributed by atoms with E-state index in [9.17, 15) is 9.90 Å². The Balaban J connectivity index is 2.66. The van der Waals surface area contributed by atoms with Gasteiger partial charge in [0.1, 0.15) is 52.9 Å². The third kappa shape index (κ3) is 4.53. The number of hydrogen-bond donors (Lipinski definition) is 4. The second-order valence-corrected chi connectivity index (χ2v) is 13.2. The fourth-order valence-electron chi connectivity index (χ4n) is 5.47. The number of nitrogens with two attached hydrogens (primary N) is 1. The van der Waals surface area contributed by atoms with Gasteiger partial charge in [-0.25, -0.2) is 4.98 Å². The molecular weight excluding hydrogens is 392 g/mol. The molecule has 3 atom stereocenters. The molecule has 1 aliphatic rings. The molecule has 0 radical (unpaired) electrons. The Morgan fingerprint density at radius 3 is 2.12 bits per heavy atom. The van der Waals surface area contributed by atoms with E-state index < -0.39 is 22.1 Å². The van der Waals surface area contributed by atoms with Gasteiger partial charge in [0.05, 0.1) is 29.1 Å². The van der Waals surface area contributed by atoms with Crippen LogP contribution in [0.5, 0.6) is 0 Å². The summed E-state index contributed by atoms with van der Waals surface area (Å²) in [6.07, 6.45) is 2.27. The summed E-state index contributed by atoms with van der Waals surface area (Å²) < 4.78 is 0. The monoisotopic (exact) mass is 429 g/mol. The van der Waals surface area contributed by atoms with Crippen LogP contribution in [0.4, 0.5) is 11.8 Å². The van der Waals surface area contributed by atoms with E-state index >= 15 is 0 Å². The number of rotatable bonds is 5. The Morgan fingerprint density at radius 2 is 1.69 bits per heavy atom. The molecule has 0 saturated heterocycles. The van der Waals surface area contributed by atoms with Gasteiger partial charge in [0.2, 0.25) is 5.95 Å². The molecule has 1 saturated carbocycles. The van der Waals surface area contributed by atoms with Gasteiger partial charge in [0.25, 0.3) is 5.91 Å². The fourth-order valence-corrected chi connectivity index (χ4v) is 5.47. The number of aliphatic hydroxyl groups is 1. The SMILES string of the molecule is BC(B)(B)C1CC(B)(B)C(B)(Nc2nc(NC(C)(C)C)ncc2C(N)=O)C(B)(B)C1(B)O. The summed E-state index contributed by atoms with van der Waals surface area (Å²) in [6, 6.07) is 0. The Hall–Kier alpha value is -1.31. The number of nitrogens with zero attached hydrogens (tertiary/aromatic N) is 2. The first kappa shape index (κ1) is 26.9. The van der Waals surface area contributed by atoms with Crippen molar-refractivity contribution in [3.05, 3.63) is 11.8 Å². The van der Waals surface area contributed by atoms with Gasteiger partial charge in [-0.3, -0.25) is 4.79 Å². The summed E-state index contributed by atoms with van der Waals surface area (Å²) >= 11 is 0. The van der Waals surface area contributed by atoms with Crippen LogP contribution < -0.4 is 16.4 Å². The third-order valence-electron chi connectivity index (χ3n) is 8.22. The maximum absolute atomic E-state index is 12.2. The minimum absolute atomic E-state index is 0.0729. The van der Waals surface area contributed by atoms with Crippen molar-refractivity contribution in [2.24, 2.45) is 11.7 Å². The molecule has 0 spiro atoms. The molecule has 7 nitrogen and oxygen atoms in total. The number of anilines is 2. The fraction of sp³-hybridized carbons (Fsp3) is 0.688. The summed E-state index contributed by atoms with van der Waals surface area (Å²) in [7, 11) is 19.3. The molecule has 16 heteroatoms. The van der Waals surface area contributed by atoms with Crippen LogP contribution in [0.1, 0.15) is 37.6 Å². The van der Waals surface area contributed by atoms with Gasteiger partial charge >= 0.3 is 0 Å². The summed E-state index contributed by atoms with van der Waals surface area (Å²) in [5, 5.41) is 17.9. The molecule has 1 aromatic rings. The van der Waals surface area contributed by atoms with Crippen molar-refractivity contribution < 1.29 is 9.90 Å². The van der Waals surface area contributed by atoms with E-state index in [2.05, 4.69) is 83.4 Å². The first-order valence-electron chi connectivity index (χ1n) is 11.5. The zero-order chi connectivity index (χ0) is 25.1. The highest BCUT2D eigenvalue weighted by atomic mass is 16.3. The second-order valence-electron chi connectivity index (χ2n) is 13.2. The van der Waals surface area contributed by atoms with Gasteiger partial charge in [0, 0.05) is 17.2 Å². The van der Waals surface area contributed by atoms with Crippen LogP contribution in [-0.4, -0.2) is 108 Å². The highest BCUT2D eigenvalue weighted by Gasteiger charge is 2.65. The molecule has 3 unspecified atom stereocenters. The van der Waals surface area contributed by atoms with Crippen molar-refractivity contribution in [2.75, 3.05) is 10.6 Å². The van der Waals surface area contributed by atoms with E-state index in [1.165, 1.54) is 6.20 Å². The van der Waals surface area contributed by atoms with Gasteiger partial charge in [0.15, 0.2) is 0 Å². The van der Waals surface area contributed by atoms with Crippen LogP contribution >= 0.6 is 0 Å². The molecule has 1 heterocycles. The molecule has 32 heavy (non-hydrogen) atoms. The number of hydrogen-bond acceptors (Lipinski definition) is 6. The van der Waals surface area contributed by atoms with Gasteiger partial charge in [-0.05, 0) is 32.1 Å². The molecular formula is C16H36B9N5O2. The Kier molecular flexibility index (Phi) is 6.64. The molecule has 1 amide bonds. The lowest BCUT2D eigenvalue weighted by molar-refractivity contribution is -0.00219. The van der Waals surface area contributed by atoms with Crippen LogP contribution in [0.15, 0.2) is 6.20 Å². The van der Waals surface area contributed by atoms with Gasteiger partial charge in [-0.2, -0.15) is 4.98 Å². The van der Waals surface area contributed by atoms with E-state index in [0.29, 0.717) is 11.8 Å². The van der Waals surface area contributed by atoms with Gasteiger partial charge in [-0.15, -0.1) is 5.11 Å². The lowest BCUT2D eigenvalue weighted by Gasteiger charge is -2.70. The largest absolute Gasteiger partial charge is 0.400 e. The number of nitrogens with one attached hydrogen (secondary N) is 2. The van der Waals surface area contributed by atoms with Crippen molar-refractivity contribution in [1.29, 1.82) is 0 Å². The summed E-state index contributed by atoms with van der Waals surface area (Å²) in [5.41, 5.74) is 4.06. The molecule has 1 aromatic heterocycles. The number of carbonyl (C=O) groups excluding carboxylic acids is 1. The number of primary amides is 1. The van der Waals surface area contributed by atoms with E-state index in [1.54, 1.807) is 0 Å². The van der Waals surface area contributed by atoms with Crippen LogP contribution in [0.25, 0.3) is 0 Å². The van der Waals surface area contributed by atoms with E-state index in [4.69, 9.17) is 5.73 Å². The zero-order valence-electron chi connectivity index (χ0n) is 22.2.